The van der Waals surface area contributed by atoms with Gasteiger partial charge in [0.2, 0.25) is 11.8 Å². The van der Waals surface area contributed by atoms with Crippen LogP contribution in [-0.2, 0) is 26.2 Å². The van der Waals surface area contributed by atoms with E-state index in [-0.39, 0.29) is 44.7 Å². The second-order valence-corrected chi connectivity index (χ2v) is 13.1. The van der Waals surface area contributed by atoms with Crippen molar-refractivity contribution in [3.8, 4) is 17.2 Å². The topological polar surface area (TPSA) is 114 Å². The number of anilines is 1. The van der Waals surface area contributed by atoms with Crippen LogP contribution in [0.2, 0.25) is 15.1 Å². The number of nitrogens with one attached hydrogen (secondary N) is 1. The van der Waals surface area contributed by atoms with Gasteiger partial charge in [-0.25, -0.2) is 8.42 Å². The molecule has 0 saturated carbocycles. The van der Waals surface area contributed by atoms with Crippen molar-refractivity contribution in [1.29, 1.82) is 0 Å². The number of rotatable bonds is 13. The van der Waals surface area contributed by atoms with E-state index in [0.29, 0.717) is 16.3 Å². The molecule has 238 valence electrons. The Morgan fingerprint density at radius 3 is 2.05 bits per heavy atom. The highest BCUT2D eigenvalue weighted by Crippen LogP contribution is 2.37. The van der Waals surface area contributed by atoms with E-state index in [1.807, 2.05) is 0 Å². The third-order valence-corrected chi connectivity index (χ3v) is 9.30. The van der Waals surface area contributed by atoms with Crippen molar-refractivity contribution < 1.29 is 32.2 Å². The first-order chi connectivity index (χ1) is 20.7. The van der Waals surface area contributed by atoms with E-state index >= 15 is 0 Å². The first-order valence-electron chi connectivity index (χ1n) is 13.4. The Bertz CT molecular complexity index is 1620. The van der Waals surface area contributed by atoms with Crippen LogP contribution in [-0.4, -0.2) is 65.1 Å². The van der Waals surface area contributed by atoms with Crippen LogP contribution in [0.3, 0.4) is 0 Å². The van der Waals surface area contributed by atoms with Gasteiger partial charge in [0.1, 0.15) is 18.3 Å². The van der Waals surface area contributed by atoms with Gasteiger partial charge in [0, 0.05) is 23.7 Å². The van der Waals surface area contributed by atoms with Crippen LogP contribution in [0, 0.1) is 0 Å². The zero-order valence-corrected chi connectivity index (χ0v) is 28.1. The number of halogens is 3. The Morgan fingerprint density at radius 2 is 1.45 bits per heavy atom. The molecule has 0 aromatic heterocycles. The summed E-state index contributed by atoms with van der Waals surface area (Å²) < 4.78 is 45.5. The standard InChI is InChI=1S/C30H34Cl3N3O7S/c1-18(2)34-30(38)19(3)35(16-20-7-10-23(32)24(33)13-20)29(37)17-36(25-14-21(31)8-11-26(25)41-4)44(39,40)22-9-12-27(42-5)28(15-22)43-6/h7-15,18-19H,16-17H2,1-6H3,(H,34,38)/t19-/m0/s1. The van der Waals surface area contributed by atoms with E-state index in [1.54, 1.807) is 39.0 Å². The van der Waals surface area contributed by atoms with E-state index in [1.165, 1.54) is 62.6 Å². The van der Waals surface area contributed by atoms with Gasteiger partial charge in [-0.1, -0.05) is 40.9 Å². The van der Waals surface area contributed by atoms with Crippen molar-refractivity contribution in [3.63, 3.8) is 0 Å². The molecular formula is C30H34Cl3N3O7S. The Kier molecular flexibility index (Phi) is 12.0. The summed E-state index contributed by atoms with van der Waals surface area (Å²) in [6.45, 7) is 4.35. The first-order valence-corrected chi connectivity index (χ1v) is 15.9. The van der Waals surface area contributed by atoms with Crippen LogP contribution in [0.25, 0.3) is 0 Å². The van der Waals surface area contributed by atoms with Gasteiger partial charge >= 0.3 is 0 Å². The Balaban J connectivity index is 2.16. The van der Waals surface area contributed by atoms with Crippen molar-refractivity contribution in [2.45, 2.75) is 44.3 Å². The number of amides is 2. The van der Waals surface area contributed by atoms with E-state index < -0.39 is 34.4 Å². The molecule has 0 saturated heterocycles. The lowest BCUT2D eigenvalue weighted by molar-refractivity contribution is -0.139. The lowest BCUT2D eigenvalue weighted by atomic mass is 10.1. The van der Waals surface area contributed by atoms with Gasteiger partial charge in [0.25, 0.3) is 10.0 Å². The highest BCUT2D eigenvalue weighted by Gasteiger charge is 2.34. The van der Waals surface area contributed by atoms with Crippen molar-refractivity contribution in [3.05, 3.63) is 75.2 Å². The van der Waals surface area contributed by atoms with Crippen molar-refractivity contribution in [1.82, 2.24) is 10.2 Å². The Labute approximate surface area is 272 Å². The summed E-state index contributed by atoms with van der Waals surface area (Å²) in [5, 5.41) is 3.59. The minimum atomic E-state index is -4.47. The van der Waals surface area contributed by atoms with Crippen LogP contribution in [0.5, 0.6) is 17.2 Å². The summed E-state index contributed by atoms with van der Waals surface area (Å²) in [6.07, 6.45) is 0. The molecule has 3 rings (SSSR count). The van der Waals surface area contributed by atoms with E-state index in [0.717, 1.165) is 4.31 Å². The molecule has 2 amide bonds. The Morgan fingerprint density at radius 1 is 0.818 bits per heavy atom. The summed E-state index contributed by atoms with van der Waals surface area (Å²) in [5.74, 6) is -0.491. The number of ether oxygens (including phenoxy) is 3. The lowest BCUT2D eigenvalue weighted by Crippen LogP contribution is -2.52. The van der Waals surface area contributed by atoms with Crippen LogP contribution in [0.4, 0.5) is 5.69 Å². The van der Waals surface area contributed by atoms with Gasteiger partial charge < -0.3 is 24.4 Å². The molecule has 3 aromatic carbocycles. The van der Waals surface area contributed by atoms with Crippen LogP contribution < -0.4 is 23.8 Å². The van der Waals surface area contributed by atoms with Gasteiger partial charge in [-0.15, -0.1) is 0 Å². The average molecular weight is 687 g/mol. The maximum Gasteiger partial charge on any atom is 0.265 e. The van der Waals surface area contributed by atoms with Crippen LogP contribution in [0.1, 0.15) is 26.3 Å². The van der Waals surface area contributed by atoms with Gasteiger partial charge in [0.05, 0.1) is 42.0 Å². The third-order valence-electron chi connectivity index (χ3n) is 6.57. The maximum absolute atomic E-state index is 14.3. The molecule has 0 unspecified atom stereocenters. The van der Waals surface area contributed by atoms with Gasteiger partial charge in [-0.3, -0.25) is 13.9 Å². The minimum Gasteiger partial charge on any atom is -0.495 e. The van der Waals surface area contributed by atoms with Crippen molar-refractivity contribution in [2.75, 3.05) is 32.2 Å². The quantitative estimate of drug-likeness (QED) is 0.241. The number of benzene rings is 3. The fourth-order valence-corrected chi connectivity index (χ4v) is 6.22. The second kappa shape index (κ2) is 15.1. The predicted molar refractivity (Wildman–Crippen MR) is 172 cm³/mol. The molecule has 0 fully saturated rings. The largest absolute Gasteiger partial charge is 0.495 e. The molecule has 0 aliphatic rings. The van der Waals surface area contributed by atoms with E-state index in [4.69, 9.17) is 49.0 Å². The fourth-order valence-electron chi connectivity index (χ4n) is 4.30. The van der Waals surface area contributed by atoms with Gasteiger partial charge in [-0.2, -0.15) is 0 Å². The lowest BCUT2D eigenvalue weighted by Gasteiger charge is -2.32. The highest BCUT2D eigenvalue weighted by molar-refractivity contribution is 7.92. The number of hydrogen-bond acceptors (Lipinski definition) is 7. The molecule has 0 aliphatic carbocycles. The van der Waals surface area contributed by atoms with Crippen LogP contribution >= 0.6 is 34.8 Å². The smallest absolute Gasteiger partial charge is 0.265 e. The maximum atomic E-state index is 14.3. The molecule has 0 radical (unpaired) electrons. The number of methoxy groups -OCH3 is 3. The van der Waals surface area contributed by atoms with Crippen LogP contribution in [0.15, 0.2) is 59.5 Å². The molecule has 0 spiro atoms. The summed E-state index contributed by atoms with van der Waals surface area (Å²) in [7, 11) is -0.303. The zero-order valence-electron chi connectivity index (χ0n) is 25.1. The summed E-state index contributed by atoms with van der Waals surface area (Å²) in [4.78, 5) is 28.4. The van der Waals surface area contributed by atoms with E-state index in [2.05, 4.69) is 5.32 Å². The highest BCUT2D eigenvalue weighted by atomic mass is 35.5. The number of carbonyl (C=O) groups is 2. The first kappa shape index (κ1) is 35.1. The number of sulfonamides is 1. The van der Waals surface area contributed by atoms with E-state index in [9.17, 15) is 18.0 Å². The fraction of sp³-hybridized carbons (Fsp3) is 0.333. The zero-order chi connectivity index (χ0) is 32.8. The molecule has 3 aromatic rings. The van der Waals surface area contributed by atoms with Crippen molar-refractivity contribution in [2.24, 2.45) is 0 Å². The summed E-state index contributed by atoms with van der Waals surface area (Å²) >= 11 is 18.6. The normalized spacial score (nSPS) is 12.0. The van der Waals surface area contributed by atoms with Crippen molar-refractivity contribution >= 4 is 62.3 Å². The number of nitrogens with zero attached hydrogens (tertiary/aromatic N) is 2. The predicted octanol–water partition coefficient (Wildman–Crippen LogP) is 5.81. The molecule has 1 atom stereocenters. The summed E-state index contributed by atoms with van der Waals surface area (Å²) in [6, 6.07) is 12.1. The molecule has 0 heterocycles. The molecule has 0 aliphatic heterocycles. The SMILES string of the molecule is COc1ccc(S(=O)(=O)N(CC(=O)N(Cc2ccc(Cl)c(Cl)c2)[C@@H](C)C(=O)NC(C)C)c2cc(Cl)ccc2OC)cc1OC. The Hall–Kier alpha value is -3.38. The monoisotopic (exact) mass is 685 g/mol. The number of carbonyl (C=O) groups excluding carboxylic acids is 2. The molecule has 1 N–H and O–H groups in total. The second-order valence-electron chi connectivity index (χ2n) is 9.95. The summed E-state index contributed by atoms with van der Waals surface area (Å²) in [5.41, 5.74) is 0.587. The molecule has 14 heteroatoms. The molecule has 44 heavy (non-hydrogen) atoms. The van der Waals surface area contributed by atoms with Gasteiger partial charge in [0.15, 0.2) is 11.5 Å². The minimum absolute atomic E-state index is 0.0110. The molecule has 10 nitrogen and oxygen atoms in total. The number of hydrogen-bond donors (Lipinski definition) is 1. The molecule has 0 bridgehead atoms. The average Bonchev–Trinajstić information content (AvgIpc) is 2.98. The third kappa shape index (κ3) is 8.20. The molecular weight excluding hydrogens is 653 g/mol. The van der Waals surface area contributed by atoms with Gasteiger partial charge in [-0.05, 0) is 68.8 Å².